The molecule has 0 aromatic heterocycles. The first-order chi connectivity index (χ1) is 11.2. The number of aliphatic carboxylic acids is 1. The van der Waals surface area contributed by atoms with E-state index in [1.807, 2.05) is 0 Å². The molecule has 1 aromatic carbocycles. The molecule has 0 heterocycles. The van der Waals surface area contributed by atoms with Crippen LogP contribution >= 0.6 is 0 Å². The van der Waals surface area contributed by atoms with Crippen molar-refractivity contribution < 1.29 is 32.0 Å². The van der Waals surface area contributed by atoms with Gasteiger partial charge in [-0.3, -0.25) is 4.18 Å². The molecule has 0 bridgehead atoms. The molecule has 140 valence electrons. The first-order valence-corrected chi connectivity index (χ1v) is 8.80. The number of nitrogens with one attached hydrogen (secondary N) is 1. The summed E-state index contributed by atoms with van der Waals surface area (Å²) < 4.78 is 33.3. The lowest BCUT2D eigenvalue weighted by Crippen LogP contribution is -2.51. The highest BCUT2D eigenvalue weighted by molar-refractivity contribution is 7.86. The zero-order valence-electron chi connectivity index (χ0n) is 15.0. The lowest BCUT2D eigenvalue weighted by Gasteiger charge is -2.30. The van der Waals surface area contributed by atoms with Crippen LogP contribution < -0.4 is 5.32 Å². The quantitative estimate of drug-likeness (QED) is 0.759. The average Bonchev–Trinajstić information content (AvgIpc) is 2.44. The molecule has 0 fully saturated rings. The van der Waals surface area contributed by atoms with E-state index in [0.717, 1.165) is 7.11 Å². The molecule has 0 aliphatic rings. The molecule has 1 unspecified atom stereocenters. The van der Waals surface area contributed by atoms with Gasteiger partial charge < -0.3 is 15.2 Å². The van der Waals surface area contributed by atoms with Gasteiger partial charge in [-0.25, -0.2) is 9.59 Å². The number of alkyl carbamates (subject to hydrolysis) is 1. The summed E-state index contributed by atoms with van der Waals surface area (Å²) in [6.07, 6.45) is -0.934. The van der Waals surface area contributed by atoms with Crippen molar-refractivity contribution in [3.8, 4) is 0 Å². The average molecular weight is 373 g/mol. The van der Waals surface area contributed by atoms with Gasteiger partial charge in [0.25, 0.3) is 10.1 Å². The lowest BCUT2D eigenvalue weighted by atomic mass is 9.88. The van der Waals surface area contributed by atoms with E-state index in [2.05, 4.69) is 9.50 Å². The molecule has 2 N–H and O–H groups in total. The first kappa shape index (κ1) is 20.9. The molecule has 9 heteroatoms. The predicted molar refractivity (Wildman–Crippen MR) is 89.7 cm³/mol. The second-order valence-corrected chi connectivity index (χ2v) is 8.37. The maximum absolute atomic E-state index is 12.1. The molecule has 0 spiro atoms. The Bertz CT molecular complexity index is 780. The predicted octanol–water partition coefficient (Wildman–Crippen LogP) is 2.15. The van der Waals surface area contributed by atoms with E-state index in [1.54, 1.807) is 27.7 Å². The smallest absolute Gasteiger partial charge is 0.408 e. The number of carboxylic acids is 1. The fourth-order valence-corrected chi connectivity index (χ4v) is 2.82. The summed E-state index contributed by atoms with van der Waals surface area (Å²) >= 11 is 0. The second-order valence-electron chi connectivity index (χ2n) is 6.65. The lowest BCUT2D eigenvalue weighted by molar-refractivity contribution is -0.144. The van der Waals surface area contributed by atoms with Crippen molar-refractivity contribution in [1.29, 1.82) is 0 Å². The van der Waals surface area contributed by atoms with Crippen LogP contribution in [0.2, 0.25) is 0 Å². The SMILES string of the molecule is COS(=O)(=O)c1ccc(C)c(C(C)(NC(=O)OC(C)(C)C)C(=O)O)c1. The van der Waals surface area contributed by atoms with Gasteiger partial charge in [0.1, 0.15) is 5.60 Å². The molecule has 1 rings (SSSR count). The minimum Gasteiger partial charge on any atom is -0.479 e. The monoisotopic (exact) mass is 373 g/mol. The Kier molecular flexibility index (Phi) is 5.86. The van der Waals surface area contributed by atoms with Crippen LogP contribution in [0.25, 0.3) is 0 Å². The van der Waals surface area contributed by atoms with E-state index >= 15 is 0 Å². The number of benzene rings is 1. The number of amides is 1. The van der Waals surface area contributed by atoms with E-state index in [0.29, 0.717) is 5.56 Å². The van der Waals surface area contributed by atoms with Gasteiger partial charge in [0.2, 0.25) is 0 Å². The third-order valence-electron chi connectivity index (χ3n) is 3.43. The van der Waals surface area contributed by atoms with Crippen molar-refractivity contribution in [1.82, 2.24) is 5.32 Å². The van der Waals surface area contributed by atoms with E-state index < -0.39 is 33.3 Å². The Morgan fingerprint density at radius 3 is 2.16 bits per heavy atom. The fourth-order valence-electron chi connectivity index (χ4n) is 2.14. The van der Waals surface area contributed by atoms with Crippen LogP contribution in [0.3, 0.4) is 0 Å². The topological polar surface area (TPSA) is 119 Å². The first-order valence-electron chi connectivity index (χ1n) is 7.39. The summed E-state index contributed by atoms with van der Waals surface area (Å²) in [7, 11) is -3.01. The molecule has 8 nitrogen and oxygen atoms in total. The highest BCUT2D eigenvalue weighted by Crippen LogP contribution is 2.28. The molecule has 0 saturated heterocycles. The molecule has 0 radical (unpaired) electrons. The Hall–Kier alpha value is -2.13. The Labute approximate surface area is 147 Å². The molecular formula is C16H23NO7S. The molecular weight excluding hydrogens is 350 g/mol. The summed E-state index contributed by atoms with van der Waals surface area (Å²) in [4.78, 5) is 23.7. The standard InChI is InChI=1S/C16H23NO7S/c1-10-7-8-11(25(21,22)23-6)9-12(10)16(5,13(18)19)17-14(20)24-15(2,3)4/h7-9H,1-6H3,(H,17,20)(H,18,19). The molecule has 0 aliphatic heterocycles. The third-order valence-corrected chi connectivity index (χ3v) is 4.70. The molecule has 1 atom stereocenters. The van der Waals surface area contributed by atoms with Gasteiger partial charge in [-0.1, -0.05) is 6.07 Å². The van der Waals surface area contributed by atoms with Crippen LogP contribution in [0.4, 0.5) is 4.79 Å². The van der Waals surface area contributed by atoms with E-state index in [4.69, 9.17) is 4.74 Å². The number of carbonyl (C=O) groups excluding carboxylic acids is 1. The van der Waals surface area contributed by atoms with E-state index in [1.165, 1.54) is 25.1 Å². The summed E-state index contributed by atoms with van der Waals surface area (Å²) in [5.41, 5.74) is -2.13. The summed E-state index contributed by atoms with van der Waals surface area (Å²) in [6.45, 7) is 7.78. The number of hydrogen-bond acceptors (Lipinski definition) is 6. The molecule has 0 saturated carbocycles. The van der Waals surface area contributed by atoms with Crippen molar-refractivity contribution in [2.75, 3.05) is 7.11 Å². The maximum atomic E-state index is 12.1. The molecule has 0 aliphatic carbocycles. The van der Waals surface area contributed by atoms with Gasteiger partial charge in [0.15, 0.2) is 5.54 Å². The summed E-state index contributed by atoms with van der Waals surface area (Å²) in [5, 5.41) is 12.0. The summed E-state index contributed by atoms with van der Waals surface area (Å²) in [6, 6.07) is 3.91. The number of aryl methyl sites for hydroxylation is 1. The van der Waals surface area contributed by atoms with Crippen LogP contribution in [0.15, 0.2) is 23.1 Å². The normalized spacial score (nSPS) is 14.5. The Balaban J connectivity index is 3.42. The van der Waals surface area contributed by atoms with Gasteiger partial charge in [-0.15, -0.1) is 0 Å². The van der Waals surface area contributed by atoms with Crippen LogP contribution in [0.5, 0.6) is 0 Å². The number of carbonyl (C=O) groups is 2. The van der Waals surface area contributed by atoms with Gasteiger partial charge in [-0.2, -0.15) is 8.42 Å². The van der Waals surface area contributed by atoms with Crippen molar-refractivity contribution in [3.05, 3.63) is 29.3 Å². The minimum absolute atomic E-state index is 0.101. The third kappa shape index (κ3) is 4.93. The molecule has 1 aromatic rings. The van der Waals surface area contributed by atoms with Crippen molar-refractivity contribution in [2.24, 2.45) is 0 Å². The Morgan fingerprint density at radius 1 is 1.16 bits per heavy atom. The van der Waals surface area contributed by atoms with Gasteiger partial charge in [-0.05, 0) is 57.9 Å². The number of hydrogen-bond donors (Lipinski definition) is 2. The largest absolute Gasteiger partial charge is 0.479 e. The number of rotatable bonds is 5. The highest BCUT2D eigenvalue weighted by atomic mass is 32.2. The summed E-state index contributed by atoms with van der Waals surface area (Å²) in [5.74, 6) is -1.37. The van der Waals surface area contributed by atoms with Gasteiger partial charge in [0, 0.05) is 0 Å². The van der Waals surface area contributed by atoms with E-state index in [9.17, 15) is 23.1 Å². The van der Waals surface area contributed by atoms with Gasteiger partial charge in [0.05, 0.1) is 12.0 Å². The second kappa shape index (κ2) is 7.01. The number of ether oxygens (including phenoxy) is 1. The van der Waals surface area contributed by atoms with Crippen LogP contribution in [0, 0.1) is 6.92 Å². The number of carboxylic acid groups (broad SMARTS) is 1. The van der Waals surface area contributed by atoms with Crippen molar-refractivity contribution >= 4 is 22.2 Å². The fraction of sp³-hybridized carbons (Fsp3) is 0.500. The molecule has 25 heavy (non-hydrogen) atoms. The zero-order valence-corrected chi connectivity index (χ0v) is 15.9. The van der Waals surface area contributed by atoms with Crippen LogP contribution in [-0.4, -0.2) is 38.3 Å². The highest BCUT2D eigenvalue weighted by Gasteiger charge is 2.40. The van der Waals surface area contributed by atoms with Gasteiger partial charge >= 0.3 is 12.1 Å². The van der Waals surface area contributed by atoms with Crippen molar-refractivity contribution in [3.63, 3.8) is 0 Å². The van der Waals surface area contributed by atoms with E-state index in [-0.39, 0.29) is 10.5 Å². The Morgan fingerprint density at radius 2 is 1.72 bits per heavy atom. The minimum atomic E-state index is -4.02. The molecule has 1 amide bonds. The maximum Gasteiger partial charge on any atom is 0.408 e. The van der Waals surface area contributed by atoms with Crippen LogP contribution in [0.1, 0.15) is 38.8 Å². The zero-order chi connectivity index (χ0) is 19.6. The van der Waals surface area contributed by atoms with Crippen molar-refractivity contribution in [2.45, 2.75) is 50.7 Å². The van der Waals surface area contributed by atoms with Crippen LogP contribution in [-0.2, 0) is 29.4 Å².